The van der Waals surface area contributed by atoms with E-state index in [2.05, 4.69) is 5.32 Å². The monoisotopic (exact) mass is 416 g/mol. The van der Waals surface area contributed by atoms with Gasteiger partial charge in [0.1, 0.15) is 5.75 Å². The molecule has 4 rings (SSSR count). The summed E-state index contributed by atoms with van der Waals surface area (Å²) in [6, 6.07) is 24.8. The molecule has 1 heterocycles. The van der Waals surface area contributed by atoms with Crippen LogP contribution in [0.1, 0.15) is 15.9 Å². The maximum atomic E-state index is 13.0. The molecule has 0 saturated carbocycles. The number of halogens is 1. The third kappa shape index (κ3) is 4.29. The molecule has 150 valence electrons. The number of carbonyl (C=O) groups is 1. The molecule has 3 aromatic carbocycles. The first-order valence-electron chi connectivity index (χ1n) is 9.71. The van der Waals surface area contributed by atoms with E-state index < -0.39 is 0 Å². The number of pyridine rings is 1. The summed E-state index contributed by atoms with van der Waals surface area (Å²) in [5, 5.41) is 4.55. The number of hydrogen-bond donors (Lipinski definition) is 1. The van der Waals surface area contributed by atoms with Crippen LogP contribution >= 0.6 is 11.6 Å². The van der Waals surface area contributed by atoms with E-state index in [1.54, 1.807) is 7.11 Å². The lowest BCUT2D eigenvalue weighted by Crippen LogP contribution is -2.26. The van der Waals surface area contributed by atoms with Crippen LogP contribution in [0.5, 0.6) is 5.75 Å². The third-order valence-corrected chi connectivity index (χ3v) is 5.21. The van der Waals surface area contributed by atoms with Crippen LogP contribution in [0.25, 0.3) is 22.2 Å². The predicted octanol–water partition coefficient (Wildman–Crippen LogP) is 5.54. The lowest BCUT2D eigenvalue weighted by molar-refractivity contribution is 0.0955. The maximum absolute atomic E-state index is 13.0. The summed E-state index contributed by atoms with van der Waals surface area (Å²) >= 11 is 5.93. The number of rotatable bonds is 6. The summed E-state index contributed by atoms with van der Waals surface area (Å²) < 4.78 is 5.48. The molecule has 0 fully saturated rings. The minimum absolute atomic E-state index is 0.126. The molecule has 1 aromatic heterocycles. The van der Waals surface area contributed by atoms with Crippen molar-refractivity contribution in [2.75, 3.05) is 13.7 Å². The number of nitrogens with zero attached hydrogens (tertiary/aromatic N) is 1. The molecular formula is C25H21ClN2O2. The predicted molar refractivity (Wildman–Crippen MR) is 121 cm³/mol. The smallest absolute Gasteiger partial charge is 0.252 e. The van der Waals surface area contributed by atoms with Crippen molar-refractivity contribution in [1.29, 1.82) is 0 Å². The first kappa shape index (κ1) is 19.9. The van der Waals surface area contributed by atoms with Crippen molar-refractivity contribution < 1.29 is 9.53 Å². The zero-order chi connectivity index (χ0) is 20.9. The molecule has 1 amide bonds. The second-order valence-electron chi connectivity index (χ2n) is 6.90. The van der Waals surface area contributed by atoms with Crippen LogP contribution in [-0.2, 0) is 6.42 Å². The van der Waals surface area contributed by atoms with Gasteiger partial charge in [0, 0.05) is 22.5 Å². The molecule has 0 spiro atoms. The van der Waals surface area contributed by atoms with Gasteiger partial charge in [0.05, 0.1) is 23.9 Å². The highest BCUT2D eigenvalue weighted by molar-refractivity contribution is 6.30. The number of methoxy groups -OCH3 is 1. The average molecular weight is 417 g/mol. The Kier molecular flexibility index (Phi) is 5.96. The molecule has 0 bridgehead atoms. The van der Waals surface area contributed by atoms with E-state index in [0.29, 0.717) is 22.8 Å². The van der Waals surface area contributed by atoms with E-state index in [1.165, 1.54) is 0 Å². The SMILES string of the molecule is COc1ccccc1-c1cc(C(=O)NCCc2ccc(Cl)cc2)c2ccccc2n1. The quantitative estimate of drug-likeness (QED) is 0.449. The highest BCUT2D eigenvalue weighted by Crippen LogP contribution is 2.31. The molecular weight excluding hydrogens is 396 g/mol. The molecule has 0 aliphatic rings. The molecule has 0 saturated heterocycles. The summed E-state index contributed by atoms with van der Waals surface area (Å²) in [6.45, 7) is 0.529. The normalized spacial score (nSPS) is 10.7. The molecule has 0 aliphatic heterocycles. The highest BCUT2D eigenvalue weighted by atomic mass is 35.5. The summed E-state index contributed by atoms with van der Waals surface area (Å²) in [4.78, 5) is 17.8. The summed E-state index contributed by atoms with van der Waals surface area (Å²) in [7, 11) is 1.63. The highest BCUT2D eigenvalue weighted by Gasteiger charge is 2.15. The number of ether oxygens (including phenoxy) is 1. The summed E-state index contributed by atoms with van der Waals surface area (Å²) in [6.07, 6.45) is 0.727. The molecule has 0 radical (unpaired) electrons. The topological polar surface area (TPSA) is 51.2 Å². The number of aromatic nitrogens is 1. The van der Waals surface area contributed by atoms with E-state index >= 15 is 0 Å². The summed E-state index contributed by atoms with van der Waals surface area (Å²) in [5.41, 5.74) is 4.03. The molecule has 4 aromatic rings. The van der Waals surface area contributed by atoms with Crippen LogP contribution in [0.15, 0.2) is 78.9 Å². The Balaban J connectivity index is 1.63. The fraction of sp³-hybridized carbons (Fsp3) is 0.120. The van der Waals surface area contributed by atoms with Gasteiger partial charge in [-0.2, -0.15) is 0 Å². The fourth-order valence-electron chi connectivity index (χ4n) is 3.42. The number of benzene rings is 3. The molecule has 1 N–H and O–H groups in total. The van der Waals surface area contributed by atoms with Crippen LogP contribution in [0, 0.1) is 0 Å². The van der Waals surface area contributed by atoms with Gasteiger partial charge in [-0.25, -0.2) is 4.98 Å². The van der Waals surface area contributed by atoms with Gasteiger partial charge in [0.2, 0.25) is 0 Å². The van der Waals surface area contributed by atoms with Gasteiger partial charge in [0.25, 0.3) is 5.91 Å². The van der Waals surface area contributed by atoms with E-state index in [9.17, 15) is 4.79 Å². The molecule has 0 atom stereocenters. The van der Waals surface area contributed by atoms with Crippen molar-refractivity contribution in [1.82, 2.24) is 10.3 Å². The van der Waals surface area contributed by atoms with Crippen molar-refractivity contribution in [2.45, 2.75) is 6.42 Å². The number of para-hydroxylation sites is 2. The van der Waals surface area contributed by atoms with Gasteiger partial charge < -0.3 is 10.1 Å². The minimum atomic E-state index is -0.126. The first-order valence-corrected chi connectivity index (χ1v) is 10.1. The van der Waals surface area contributed by atoms with E-state index in [4.69, 9.17) is 21.3 Å². The average Bonchev–Trinajstić information content (AvgIpc) is 2.79. The number of amides is 1. The van der Waals surface area contributed by atoms with Gasteiger partial charge >= 0.3 is 0 Å². The number of hydrogen-bond acceptors (Lipinski definition) is 3. The molecule has 0 unspecified atom stereocenters. The van der Waals surface area contributed by atoms with Crippen molar-refractivity contribution in [3.8, 4) is 17.0 Å². The van der Waals surface area contributed by atoms with Gasteiger partial charge in [-0.05, 0) is 48.4 Å². The van der Waals surface area contributed by atoms with E-state index in [-0.39, 0.29) is 5.91 Å². The van der Waals surface area contributed by atoms with Crippen molar-refractivity contribution >= 4 is 28.4 Å². The van der Waals surface area contributed by atoms with E-state index in [1.807, 2.05) is 78.9 Å². The van der Waals surface area contributed by atoms with Gasteiger partial charge in [-0.15, -0.1) is 0 Å². The Bertz CT molecular complexity index is 1190. The van der Waals surface area contributed by atoms with Gasteiger partial charge in [-0.3, -0.25) is 4.79 Å². The Hall–Kier alpha value is -3.37. The third-order valence-electron chi connectivity index (χ3n) is 4.96. The van der Waals surface area contributed by atoms with E-state index in [0.717, 1.165) is 34.2 Å². The Morgan fingerprint density at radius 2 is 1.73 bits per heavy atom. The van der Waals surface area contributed by atoms with Crippen molar-refractivity contribution in [3.63, 3.8) is 0 Å². The molecule has 30 heavy (non-hydrogen) atoms. The largest absolute Gasteiger partial charge is 0.496 e. The minimum Gasteiger partial charge on any atom is -0.496 e. The lowest BCUT2D eigenvalue weighted by Gasteiger charge is -2.12. The standard InChI is InChI=1S/C25H21ClN2O2/c1-30-24-9-5-3-7-20(24)23-16-21(19-6-2-4-8-22(19)28-23)25(29)27-15-14-17-10-12-18(26)13-11-17/h2-13,16H,14-15H2,1H3,(H,27,29). The number of nitrogens with one attached hydrogen (secondary N) is 1. The van der Waals surface area contributed by atoms with Crippen molar-refractivity contribution in [3.05, 3.63) is 95.0 Å². The second kappa shape index (κ2) is 8.97. The second-order valence-corrected chi connectivity index (χ2v) is 7.34. The van der Waals surface area contributed by atoms with Gasteiger partial charge in [-0.1, -0.05) is 54.1 Å². The number of fused-ring (bicyclic) bond motifs is 1. The van der Waals surface area contributed by atoms with Gasteiger partial charge in [0.15, 0.2) is 0 Å². The van der Waals surface area contributed by atoms with Crippen LogP contribution in [-0.4, -0.2) is 24.5 Å². The Morgan fingerprint density at radius 1 is 1.00 bits per heavy atom. The van der Waals surface area contributed by atoms with Crippen LogP contribution in [0.3, 0.4) is 0 Å². The Labute approximate surface area is 180 Å². The van der Waals surface area contributed by atoms with Crippen molar-refractivity contribution in [2.24, 2.45) is 0 Å². The van der Waals surface area contributed by atoms with Crippen LogP contribution in [0.4, 0.5) is 0 Å². The molecule has 4 nitrogen and oxygen atoms in total. The zero-order valence-electron chi connectivity index (χ0n) is 16.6. The lowest BCUT2D eigenvalue weighted by atomic mass is 10.0. The Morgan fingerprint density at radius 3 is 2.53 bits per heavy atom. The molecule has 0 aliphatic carbocycles. The number of carbonyl (C=O) groups excluding carboxylic acids is 1. The maximum Gasteiger partial charge on any atom is 0.252 e. The van der Waals surface area contributed by atoms with Crippen LogP contribution < -0.4 is 10.1 Å². The first-order chi connectivity index (χ1) is 14.7. The summed E-state index contributed by atoms with van der Waals surface area (Å²) in [5.74, 6) is 0.591. The fourth-order valence-corrected chi connectivity index (χ4v) is 3.55. The zero-order valence-corrected chi connectivity index (χ0v) is 17.3. The van der Waals surface area contributed by atoms with Crippen LogP contribution in [0.2, 0.25) is 5.02 Å². The molecule has 5 heteroatoms.